The molecule has 0 spiro atoms. The highest BCUT2D eigenvalue weighted by molar-refractivity contribution is 5.81. The van der Waals surface area contributed by atoms with Crippen molar-refractivity contribution < 1.29 is 14.7 Å². The fourth-order valence-electron chi connectivity index (χ4n) is 2.71. The molecule has 0 aromatic carbocycles. The molecule has 2 atom stereocenters. The molecule has 4 heteroatoms. The molecule has 0 aromatic rings. The average molecular weight is 239 g/mol. The Labute approximate surface area is 102 Å². The molecule has 2 aliphatic rings. The van der Waals surface area contributed by atoms with E-state index in [-0.39, 0.29) is 18.3 Å². The van der Waals surface area contributed by atoms with E-state index in [0.717, 1.165) is 38.8 Å². The average Bonchev–Trinajstić information content (AvgIpc) is 3.11. The number of likely N-dealkylation sites (tertiary alicyclic amines) is 1. The Bertz CT molecular complexity index is 312. The van der Waals surface area contributed by atoms with E-state index in [1.54, 1.807) is 0 Å². The Kier molecular flexibility index (Phi) is 3.69. The summed E-state index contributed by atoms with van der Waals surface area (Å²) in [6.07, 6.45) is 4.39. The number of carboxylic acid groups (broad SMARTS) is 1. The van der Waals surface area contributed by atoms with Gasteiger partial charge in [-0.25, -0.2) is 0 Å². The molecule has 1 saturated heterocycles. The van der Waals surface area contributed by atoms with E-state index >= 15 is 0 Å². The predicted molar refractivity (Wildman–Crippen MR) is 63.4 cm³/mol. The lowest BCUT2D eigenvalue weighted by Gasteiger charge is -2.35. The van der Waals surface area contributed by atoms with Gasteiger partial charge in [0.1, 0.15) is 0 Å². The van der Waals surface area contributed by atoms with Gasteiger partial charge >= 0.3 is 5.97 Å². The maximum atomic E-state index is 12.0. The summed E-state index contributed by atoms with van der Waals surface area (Å²) in [5, 5.41) is 8.81. The predicted octanol–water partition coefficient (Wildman–Crippen LogP) is 1.75. The van der Waals surface area contributed by atoms with Gasteiger partial charge in [0.25, 0.3) is 0 Å². The van der Waals surface area contributed by atoms with Gasteiger partial charge in [0.2, 0.25) is 5.91 Å². The van der Waals surface area contributed by atoms with Crippen LogP contribution in [0.25, 0.3) is 0 Å². The van der Waals surface area contributed by atoms with Crippen molar-refractivity contribution in [2.24, 2.45) is 17.8 Å². The topological polar surface area (TPSA) is 57.6 Å². The van der Waals surface area contributed by atoms with Crippen molar-refractivity contribution in [1.29, 1.82) is 0 Å². The van der Waals surface area contributed by atoms with Crippen LogP contribution >= 0.6 is 0 Å². The van der Waals surface area contributed by atoms with Gasteiger partial charge in [0.15, 0.2) is 0 Å². The highest BCUT2D eigenvalue weighted by Crippen LogP contribution is 2.34. The lowest BCUT2D eigenvalue weighted by Crippen LogP contribution is -2.42. The zero-order chi connectivity index (χ0) is 12.4. The van der Waals surface area contributed by atoms with E-state index in [1.807, 2.05) is 11.8 Å². The number of amides is 1. The molecule has 0 bridgehead atoms. The van der Waals surface area contributed by atoms with Gasteiger partial charge in [-0.2, -0.15) is 0 Å². The summed E-state index contributed by atoms with van der Waals surface area (Å²) in [5.74, 6) is 0.383. The normalized spacial score (nSPS) is 26.6. The van der Waals surface area contributed by atoms with Crippen LogP contribution in [0.5, 0.6) is 0 Å². The summed E-state index contributed by atoms with van der Waals surface area (Å²) >= 11 is 0. The summed E-state index contributed by atoms with van der Waals surface area (Å²) in [4.78, 5) is 24.6. The molecule has 1 heterocycles. The molecule has 1 amide bonds. The maximum absolute atomic E-state index is 12.0. The molecule has 17 heavy (non-hydrogen) atoms. The maximum Gasteiger partial charge on any atom is 0.303 e. The number of carboxylic acids is 1. The van der Waals surface area contributed by atoms with Crippen LogP contribution in [0.1, 0.15) is 39.0 Å². The number of aliphatic carboxylic acids is 1. The first-order chi connectivity index (χ1) is 8.08. The molecule has 0 aromatic heterocycles. The van der Waals surface area contributed by atoms with Crippen LogP contribution < -0.4 is 0 Å². The summed E-state index contributed by atoms with van der Waals surface area (Å²) in [6.45, 7) is 3.62. The number of piperidine rings is 1. The minimum atomic E-state index is -0.733. The van der Waals surface area contributed by atoms with Crippen molar-refractivity contribution in [1.82, 2.24) is 4.90 Å². The first-order valence-electron chi connectivity index (χ1n) is 6.58. The van der Waals surface area contributed by atoms with Gasteiger partial charge < -0.3 is 10.0 Å². The fourth-order valence-corrected chi connectivity index (χ4v) is 2.71. The van der Waals surface area contributed by atoms with Gasteiger partial charge in [0.05, 0.1) is 0 Å². The van der Waals surface area contributed by atoms with Gasteiger partial charge in [0, 0.05) is 25.4 Å². The molecule has 96 valence electrons. The van der Waals surface area contributed by atoms with Crippen molar-refractivity contribution in [3.05, 3.63) is 0 Å². The van der Waals surface area contributed by atoms with E-state index in [9.17, 15) is 9.59 Å². The fraction of sp³-hybridized carbons (Fsp3) is 0.846. The number of hydrogen-bond donors (Lipinski definition) is 1. The Morgan fingerprint density at radius 3 is 2.65 bits per heavy atom. The van der Waals surface area contributed by atoms with Crippen LogP contribution in [0.15, 0.2) is 0 Å². The van der Waals surface area contributed by atoms with E-state index in [2.05, 4.69) is 0 Å². The Morgan fingerprint density at radius 2 is 2.06 bits per heavy atom. The third-order valence-corrected chi connectivity index (χ3v) is 4.00. The van der Waals surface area contributed by atoms with Crippen molar-refractivity contribution in [2.75, 3.05) is 13.1 Å². The minimum absolute atomic E-state index is 0.169. The second kappa shape index (κ2) is 5.07. The molecule has 1 aliphatic carbocycles. The minimum Gasteiger partial charge on any atom is -0.481 e. The first kappa shape index (κ1) is 12.4. The lowest BCUT2D eigenvalue weighted by molar-refractivity contribution is -0.138. The SMILES string of the molecule is CC(CC(=O)O)C1CCCN(C(=O)C2CC2)C1. The molecule has 2 unspecified atom stereocenters. The van der Waals surface area contributed by atoms with E-state index in [4.69, 9.17) is 5.11 Å². The number of hydrogen-bond acceptors (Lipinski definition) is 2. The molecular formula is C13H21NO3. The van der Waals surface area contributed by atoms with Crippen LogP contribution in [-0.2, 0) is 9.59 Å². The van der Waals surface area contributed by atoms with Crippen LogP contribution in [-0.4, -0.2) is 35.0 Å². The summed E-state index contributed by atoms with van der Waals surface area (Å²) in [5.41, 5.74) is 0. The number of rotatable bonds is 4. The Hall–Kier alpha value is -1.06. The highest BCUT2D eigenvalue weighted by Gasteiger charge is 2.36. The Morgan fingerprint density at radius 1 is 1.35 bits per heavy atom. The summed E-state index contributed by atoms with van der Waals surface area (Å²) in [6, 6.07) is 0. The van der Waals surface area contributed by atoms with Crippen LogP contribution in [0.3, 0.4) is 0 Å². The van der Waals surface area contributed by atoms with E-state index in [1.165, 1.54) is 0 Å². The molecule has 1 N–H and O–H groups in total. The van der Waals surface area contributed by atoms with E-state index in [0.29, 0.717) is 11.8 Å². The van der Waals surface area contributed by atoms with Crippen LogP contribution in [0.2, 0.25) is 0 Å². The first-order valence-corrected chi connectivity index (χ1v) is 6.58. The molecular weight excluding hydrogens is 218 g/mol. The second-order valence-electron chi connectivity index (χ2n) is 5.54. The van der Waals surface area contributed by atoms with Crippen LogP contribution in [0, 0.1) is 17.8 Å². The summed E-state index contributed by atoms with van der Waals surface area (Å²) in [7, 11) is 0. The highest BCUT2D eigenvalue weighted by atomic mass is 16.4. The van der Waals surface area contributed by atoms with Crippen molar-refractivity contribution >= 4 is 11.9 Å². The molecule has 2 fully saturated rings. The standard InChI is InChI=1S/C13H21NO3/c1-9(7-12(15)16)11-3-2-6-14(8-11)13(17)10-4-5-10/h9-11H,2-8H2,1H3,(H,15,16). The molecule has 4 nitrogen and oxygen atoms in total. The molecule has 0 radical (unpaired) electrons. The third-order valence-electron chi connectivity index (χ3n) is 4.00. The number of carbonyl (C=O) groups excluding carboxylic acids is 1. The monoisotopic (exact) mass is 239 g/mol. The van der Waals surface area contributed by atoms with Crippen molar-refractivity contribution in [3.8, 4) is 0 Å². The quantitative estimate of drug-likeness (QED) is 0.813. The van der Waals surface area contributed by atoms with Gasteiger partial charge in [-0.1, -0.05) is 6.92 Å². The third kappa shape index (κ3) is 3.20. The molecule has 2 rings (SSSR count). The lowest BCUT2D eigenvalue weighted by atomic mass is 9.84. The van der Waals surface area contributed by atoms with Crippen LogP contribution in [0.4, 0.5) is 0 Å². The molecule has 1 saturated carbocycles. The van der Waals surface area contributed by atoms with Gasteiger partial charge in [-0.3, -0.25) is 9.59 Å². The zero-order valence-electron chi connectivity index (χ0n) is 10.4. The van der Waals surface area contributed by atoms with Crippen molar-refractivity contribution in [3.63, 3.8) is 0 Å². The van der Waals surface area contributed by atoms with Gasteiger partial charge in [-0.05, 0) is 37.5 Å². The van der Waals surface area contributed by atoms with Gasteiger partial charge in [-0.15, -0.1) is 0 Å². The number of nitrogens with zero attached hydrogens (tertiary/aromatic N) is 1. The summed E-state index contributed by atoms with van der Waals surface area (Å²) < 4.78 is 0. The van der Waals surface area contributed by atoms with Crippen molar-refractivity contribution in [2.45, 2.75) is 39.0 Å². The van der Waals surface area contributed by atoms with E-state index < -0.39 is 5.97 Å². The largest absolute Gasteiger partial charge is 0.481 e. The second-order valence-corrected chi connectivity index (χ2v) is 5.54. The zero-order valence-corrected chi connectivity index (χ0v) is 10.4. The smallest absolute Gasteiger partial charge is 0.303 e. The Balaban J connectivity index is 1.87. The molecule has 1 aliphatic heterocycles. The number of carbonyl (C=O) groups is 2.